The van der Waals surface area contributed by atoms with Crippen LogP contribution in [0.15, 0.2) is 53.5 Å². The van der Waals surface area contributed by atoms with Crippen molar-refractivity contribution in [2.75, 3.05) is 11.9 Å². The lowest BCUT2D eigenvalue weighted by atomic mass is 10.0. The summed E-state index contributed by atoms with van der Waals surface area (Å²) in [4.78, 5) is 66.4. The van der Waals surface area contributed by atoms with E-state index in [0.717, 1.165) is 51.4 Å². The van der Waals surface area contributed by atoms with Crippen LogP contribution in [0.3, 0.4) is 0 Å². The quantitative estimate of drug-likeness (QED) is 0.0461. The molecule has 292 valence electrons. The van der Waals surface area contributed by atoms with Crippen LogP contribution in [0.5, 0.6) is 0 Å². The fourth-order valence-electron chi connectivity index (χ4n) is 4.78. The van der Waals surface area contributed by atoms with Crippen molar-refractivity contribution >= 4 is 47.3 Å². The third-order valence-electron chi connectivity index (χ3n) is 7.04. The number of nitrogens with zero attached hydrogens (tertiary/aromatic N) is 1. The van der Waals surface area contributed by atoms with Gasteiger partial charge >= 0.3 is 18.3 Å². The van der Waals surface area contributed by atoms with E-state index in [0.29, 0.717) is 35.5 Å². The number of nitrogens with one attached hydrogen (secondary N) is 4. The number of carbonyl (C=O) groups is 5. The van der Waals surface area contributed by atoms with Crippen LogP contribution in [0.2, 0.25) is 0 Å². The molecule has 53 heavy (non-hydrogen) atoms. The maximum Gasteiger partial charge on any atom is 0.414 e. The maximum absolute atomic E-state index is 13.2. The van der Waals surface area contributed by atoms with Crippen LogP contribution in [0.25, 0.3) is 0 Å². The molecule has 0 aliphatic carbocycles. The Morgan fingerprint density at radius 3 is 1.43 bits per heavy atom. The Balaban J connectivity index is 1.79. The maximum atomic E-state index is 13.2. The molecule has 0 aliphatic rings. The molecular weight excluding hydrogens is 678 g/mol. The summed E-state index contributed by atoms with van der Waals surface area (Å²) in [6.07, 6.45) is 6.60. The number of rotatable bonds is 15. The molecule has 4 amide bonds. The molecule has 0 spiro atoms. The molecule has 0 saturated heterocycles. The van der Waals surface area contributed by atoms with E-state index in [1.54, 1.807) is 90.1 Å². The van der Waals surface area contributed by atoms with Crippen molar-refractivity contribution in [1.82, 2.24) is 16.0 Å². The van der Waals surface area contributed by atoms with E-state index in [1.807, 2.05) is 20.8 Å². The van der Waals surface area contributed by atoms with Gasteiger partial charge in [0, 0.05) is 29.8 Å². The van der Waals surface area contributed by atoms with Gasteiger partial charge < -0.3 is 24.8 Å². The zero-order valence-electron chi connectivity index (χ0n) is 32.9. The number of hydrogen-bond donors (Lipinski definition) is 4. The minimum Gasteiger partial charge on any atom is -0.444 e. The number of ketones is 1. The number of anilines is 1. The number of carbonyl (C=O) groups excluding carboxylic acids is 5. The minimum atomic E-state index is -0.819. The third-order valence-corrected chi connectivity index (χ3v) is 7.04. The highest BCUT2D eigenvalue weighted by Gasteiger charge is 2.22. The van der Waals surface area contributed by atoms with E-state index in [2.05, 4.69) is 26.3 Å². The van der Waals surface area contributed by atoms with Crippen LogP contribution in [0.4, 0.5) is 25.8 Å². The Labute approximate surface area is 314 Å². The van der Waals surface area contributed by atoms with E-state index < -0.39 is 29.0 Å². The van der Waals surface area contributed by atoms with Crippen LogP contribution in [-0.4, -0.2) is 59.3 Å². The molecule has 0 unspecified atom stereocenters. The van der Waals surface area contributed by atoms with Crippen molar-refractivity contribution in [2.24, 2.45) is 4.99 Å². The summed E-state index contributed by atoms with van der Waals surface area (Å²) < 4.78 is 15.8. The van der Waals surface area contributed by atoms with Gasteiger partial charge in [0.05, 0.1) is 5.69 Å². The number of unbranched alkanes of at least 4 members (excludes halogenated alkanes) is 7. The Kier molecular flexibility index (Phi) is 17.5. The molecule has 2 rings (SSSR count). The van der Waals surface area contributed by atoms with Crippen molar-refractivity contribution in [3.05, 3.63) is 59.7 Å². The molecule has 0 saturated carbocycles. The van der Waals surface area contributed by atoms with Crippen LogP contribution in [0, 0.1) is 0 Å². The van der Waals surface area contributed by atoms with E-state index >= 15 is 0 Å². The molecule has 4 N–H and O–H groups in total. The van der Waals surface area contributed by atoms with Crippen molar-refractivity contribution < 1.29 is 38.2 Å². The van der Waals surface area contributed by atoms with Crippen molar-refractivity contribution in [1.29, 1.82) is 0 Å². The highest BCUT2D eigenvalue weighted by atomic mass is 16.6. The fraction of sp³-hybridized carbons (Fsp3) is 0.550. The summed E-state index contributed by atoms with van der Waals surface area (Å²) in [5, 5.41) is 10.5. The molecule has 0 bridgehead atoms. The number of alkyl carbamates (subject to hydrolysis) is 3. The molecule has 0 heterocycles. The SMILES string of the molecule is CC(C)(C)OC(=O)NCCCCCCCCCCC(=O)Nc1ccc(C(=O)c2ccc(N=C(NC(=O)OC(C)(C)C)NC(=O)OC(C)(C)C)cc2)cc1. The summed E-state index contributed by atoms with van der Waals surface area (Å²) >= 11 is 0. The number of guanidine groups is 1. The average Bonchev–Trinajstić information content (AvgIpc) is 3.01. The molecule has 0 fully saturated rings. The van der Waals surface area contributed by atoms with Gasteiger partial charge in [-0.1, -0.05) is 38.5 Å². The van der Waals surface area contributed by atoms with Gasteiger partial charge in [0.25, 0.3) is 0 Å². The first kappa shape index (κ1) is 44.2. The molecule has 2 aromatic carbocycles. The number of benzene rings is 2. The Hall–Kier alpha value is -4.94. The van der Waals surface area contributed by atoms with Crippen LogP contribution < -0.4 is 21.3 Å². The van der Waals surface area contributed by atoms with E-state index in [1.165, 1.54) is 0 Å². The summed E-state index contributed by atoms with van der Waals surface area (Å²) in [5.41, 5.74) is -0.236. The predicted molar refractivity (Wildman–Crippen MR) is 207 cm³/mol. The van der Waals surface area contributed by atoms with Gasteiger partial charge in [0.2, 0.25) is 11.9 Å². The zero-order valence-corrected chi connectivity index (χ0v) is 32.9. The summed E-state index contributed by atoms with van der Waals surface area (Å²) in [6.45, 7) is 16.4. The summed E-state index contributed by atoms with van der Waals surface area (Å²) in [5.74, 6) is -0.505. The average molecular weight is 738 g/mol. The molecule has 2 aromatic rings. The fourth-order valence-corrected chi connectivity index (χ4v) is 4.78. The van der Waals surface area contributed by atoms with Gasteiger partial charge in [-0.15, -0.1) is 0 Å². The minimum absolute atomic E-state index is 0.0700. The van der Waals surface area contributed by atoms with Gasteiger partial charge in [-0.05, 0) is 124 Å². The standard InChI is InChI=1S/C40H59N5O8/c1-38(2,3)51-35(48)41-27-17-15-13-11-10-12-14-16-18-32(46)42-30-23-19-28(20-24-30)33(47)29-21-25-31(26-22-29)43-34(44-36(49)52-39(4,5)6)45-37(50)53-40(7,8)9/h19-26H,10-18,27H2,1-9H3,(H,41,48)(H,42,46)(H2,43,44,45,49,50). The second-order valence-corrected chi connectivity index (χ2v) is 15.7. The summed E-state index contributed by atoms with van der Waals surface area (Å²) in [7, 11) is 0. The lowest BCUT2D eigenvalue weighted by Gasteiger charge is -2.22. The van der Waals surface area contributed by atoms with Crippen molar-refractivity contribution in [3.8, 4) is 0 Å². The lowest BCUT2D eigenvalue weighted by Crippen LogP contribution is -2.47. The van der Waals surface area contributed by atoms with Gasteiger partial charge in [-0.25, -0.2) is 19.4 Å². The Morgan fingerprint density at radius 1 is 0.547 bits per heavy atom. The predicted octanol–water partition coefficient (Wildman–Crippen LogP) is 8.93. The molecule has 0 radical (unpaired) electrons. The molecular formula is C40H59N5O8. The molecule has 0 aromatic heterocycles. The Morgan fingerprint density at radius 2 is 0.962 bits per heavy atom. The van der Waals surface area contributed by atoms with Gasteiger partial charge in [-0.3, -0.25) is 20.2 Å². The summed E-state index contributed by atoms with van der Waals surface area (Å²) in [6, 6.07) is 13.0. The second kappa shape index (κ2) is 20.9. The number of amides is 4. The molecule has 0 atom stereocenters. The smallest absolute Gasteiger partial charge is 0.414 e. The normalized spacial score (nSPS) is 11.5. The van der Waals surface area contributed by atoms with Crippen LogP contribution in [-0.2, 0) is 19.0 Å². The highest BCUT2D eigenvalue weighted by molar-refractivity contribution is 6.09. The first-order valence-electron chi connectivity index (χ1n) is 18.3. The van der Waals surface area contributed by atoms with Gasteiger partial charge in [-0.2, -0.15) is 0 Å². The molecule has 13 nitrogen and oxygen atoms in total. The topological polar surface area (TPSA) is 174 Å². The zero-order chi connectivity index (χ0) is 39.7. The van der Waals surface area contributed by atoms with Crippen molar-refractivity contribution in [3.63, 3.8) is 0 Å². The Bertz CT molecular complexity index is 1500. The number of hydrogen-bond acceptors (Lipinski definition) is 9. The largest absolute Gasteiger partial charge is 0.444 e. The number of ether oxygens (including phenoxy) is 3. The van der Waals surface area contributed by atoms with E-state index in [9.17, 15) is 24.0 Å². The van der Waals surface area contributed by atoms with Gasteiger partial charge in [0.1, 0.15) is 16.8 Å². The molecule has 13 heteroatoms. The third kappa shape index (κ3) is 20.6. The van der Waals surface area contributed by atoms with E-state index in [-0.39, 0.29) is 23.7 Å². The first-order chi connectivity index (χ1) is 24.7. The van der Waals surface area contributed by atoms with Crippen LogP contribution >= 0.6 is 0 Å². The van der Waals surface area contributed by atoms with E-state index in [4.69, 9.17) is 14.2 Å². The highest BCUT2D eigenvalue weighted by Crippen LogP contribution is 2.19. The lowest BCUT2D eigenvalue weighted by molar-refractivity contribution is -0.116. The number of aliphatic imine (C=N–C) groups is 1. The monoisotopic (exact) mass is 737 g/mol. The second-order valence-electron chi connectivity index (χ2n) is 15.7. The van der Waals surface area contributed by atoms with Crippen molar-refractivity contribution in [2.45, 2.75) is 137 Å². The van der Waals surface area contributed by atoms with Gasteiger partial charge in [0.15, 0.2) is 5.78 Å². The molecule has 0 aliphatic heterocycles. The first-order valence-corrected chi connectivity index (χ1v) is 18.3. The van der Waals surface area contributed by atoms with Crippen LogP contribution in [0.1, 0.15) is 136 Å².